The SMILES string of the molecule is Br.Cn1ccc2c1[C@H](c1ccccc1)CN1CCC[C@@H]21. The maximum Gasteiger partial charge on any atom is 0.0373 e. The third kappa shape index (κ3) is 2.04. The van der Waals surface area contributed by atoms with Gasteiger partial charge in [0.1, 0.15) is 0 Å². The van der Waals surface area contributed by atoms with Gasteiger partial charge >= 0.3 is 0 Å². The number of fused-ring (bicyclic) bond motifs is 3. The van der Waals surface area contributed by atoms with Crippen LogP contribution >= 0.6 is 17.0 Å². The molecule has 20 heavy (non-hydrogen) atoms. The molecule has 106 valence electrons. The van der Waals surface area contributed by atoms with Crippen LogP contribution < -0.4 is 0 Å². The average Bonchev–Trinajstić information content (AvgIpc) is 3.05. The number of rotatable bonds is 1. The van der Waals surface area contributed by atoms with E-state index < -0.39 is 0 Å². The van der Waals surface area contributed by atoms with Crippen LogP contribution in [0.15, 0.2) is 42.6 Å². The summed E-state index contributed by atoms with van der Waals surface area (Å²) in [5.74, 6) is 0.533. The molecule has 0 spiro atoms. The molecule has 1 aromatic heterocycles. The van der Waals surface area contributed by atoms with Crippen molar-refractivity contribution in [3.8, 4) is 0 Å². The summed E-state index contributed by atoms with van der Waals surface area (Å²) in [6, 6.07) is 14.0. The average molecular weight is 333 g/mol. The Bertz CT molecular complexity index is 590. The van der Waals surface area contributed by atoms with Crippen LogP contribution in [0, 0.1) is 0 Å². The Hall–Kier alpha value is -1.06. The highest BCUT2D eigenvalue weighted by Crippen LogP contribution is 2.44. The Morgan fingerprint density at radius 3 is 2.70 bits per heavy atom. The summed E-state index contributed by atoms with van der Waals surface area (Å²) in [5, 5.41) is 0. The van der Waals surface area contributed by atoms with Gasteiger partial charge in [0.05, 0.1) is 0 Å². The molecule has 3 heterocycles. The van der Waals surface area contributed by atoms with Crippen LogP contribution in [0.1, 0.15) is 41.6 Å². The van der Waals surface area contributed by atoms with E-state index in [1.165, 1.54) is 37.2 Å². The first kappa shape index (κ1) is 13.9. The second-order valence-corrected chi connectivity index (χ2v) is 5.88. The van der Waals surface area contributed by atoms with Crippen LogP contribution in [-0.2, 0) is 7.05 Å². The fraction of sp³-hybridized carbons (Fsp3) is 0.412. The standard InChI is InChI=1S/C17H20N2.BrH/c1-18-11-9-14-16-8-5-10-19(16)12-15(17(14)18)13-6-3-2-4-7-13;/h2-4,6-7,9,11,15-16H,5,8,10,12H2,1H3;1H/t15-,16-;/m0./s1. The van der Waals surface area contributed by atoms with E-state index in [1.54, 1.807) is 5.56 Å². The molecule has 0 radical (unpaired) electrons. The van der Waals surface area contributed by atoms with Crippen molar-refractivity contribution in [2.45, 2.75) is 24.8 Å². The quantitative estimate of drug-likeness (QED) is 0.769. The lowest BCUT2D eigenvalue weighted by atomic mass is 9.86. The van der Waals surface area contributed by atoms with Gasteiger partial charge in [-0.2, -0.15) is 0 Å². The summed E-state index contributed by atoms with van der Waals surface area (Å²) in [6.45, 7) is 2.45. The minimum atomic E-state index is 0. The van der Waals surface area contributed by atoms with Crippen molar-refractivity contribution < 1.29 is 0 Å². The zero-order valence-corrected chi connectivity index (χ0v) is 13.5. The summed E-state index contributed by atoms with van der Waals surface area (Å²) in [7, 11) is 2.19. The highest BCUT2D eigenvalue weighted by atomic mass is 79.9. The van der Waals surface area contributed by atoms with Gasteiger partial charge in [-0.15, -0.1) is 17.0 Å². The van der Waals surface area contributed by atoms with Gasteiger partial charge in [0.2, 0.25) is 0 Å². The molecule has 0 N–H and O–H groups in total. The van der Waals surface area contributed by atoms with E-state index in [1.807, 2.05) is 0 Å². The van der Waals surface area contributed by atoms with E-state index in [-0.39, 0.29) is 17.0 Å². The molecule has 2 aliphatic heterocycles. The molecule has 2 aromatic rings. The van der Waals surface area contributed by atoms with E-state index in [0.29, 0.717) is 12.0 Å². The van der Waals surface area contributed by atoms with Gasteiger partial charge in [-0.3, -0.25) is 4.90 Å². The zero-order valence-electron chi connectivity index (χ0n) is 11.8. The van der Waals surface area contributed by atoms with Crippen LogP contribution in [0.25, 0.3) is 0 Å². The fourth-order valence-electron chi connectivity index (χ4n) is 3.96. The van der Waals surface area contributed by atoms with Gasteiger partial charge < -0.3 is 4.57 Å². The number of hydrogen-bond donors (Lipinski definition) is 0. The minimum Gasteiger partial charge on any atom is -0.354 e. The number of aryl methyl sites for hydroxylation is 1. The van der Waals surface area contributed by atoms with Crippen LogP contribution in [0.4, 0.5) is 0 Å². The van der Waals surface area contributed by atoms with Crippen LogP contribution in [0.3, 0.4) is 0 Å². The van der Waals surface area contributed by atoms with E-state index in [4.69, 9.17) is 0 Å². The number of halogens is 1. The predicted octanol–water partition coefficient (Wildman–Crippen LogP) is 3.89. The van der Waals surface area contributed by atoms with E-state index in [2.05, 4.69) is 59.1 Å². The van der Waals surface area contributed by atoms with Gasteiger partial charge in [-0.05, 0) is 36.6 Å². The van der Waals surface area contributed by atoms with E-state index in [0.717, 1.165) is 0 Å². The Morgan fingerprint density at radius 1 is 1.10 bits per heavy atom. The largest absolute Gasteiger partial charge is 0.354 e. The monoisotopic (exact) mass is 332 g/mol. The molecule has 1 aromatic carbocycles. The smallest absolute Gasteiger partial charge is 0.0373 e. The fourth-order valence-corrected chi connectivity index (χ4v) is 3.96. The normalized spacial score (nSPS) is 24.9. The topological polar surface area (TPSA) is 8.17 Å². The van der Waals surface area contributed by atoms with E-state index in [9.17, 15) is 0 Å². The summed E-state index contributed by atoms with van der Waals surface area (Å²) in [5.41, 5.74) is 4.56. The molecular weight excluding hydrogens is 312 g/mol. The summed E-state index contributed by atoms with van der Waals surface area (Å²) in [4.78, 5) is 2.68. The summed E-state index contributed by atoms with van der Waals surface area (Å²) < 4.78 is 2.34. The maximum atomic E-state index is 2.68. The van der Waals surface area contributed by atoms with Gasteiger partial charge in [0.15, 0.2) is 0 Å². The minimum absolute atomic E-state index is 0. The van der Waals surface area contributed by atoms with Crippen molar-refractivity contribution in [1.82, 2.24) is 9.47 Å². The molecule has 0 amide bonds. The van der Waals surface area contributed by atoms with Crippen molar-refractivity contribution in [2.75, 3.05) is 13.1 Å². The summed E-state index contributed by atoms with van der Waals surface area (Å²) in [6.07, 6.45) is 4.92. The van der Waals surface area contributed by atoms with Gasteiger partial charge in [0.25, 0.3) is 0 Å². The van der Waals surface area contributed by atoms with Crippen molar-refractivity contribution in [3.05, 3.63) is 59.4 Å². The van der Waals surface area contributed by atoms with Crippen molar-refractivity contribution in [2.24, 2.45) is 7.05 Å². The lowest BCUT2D eigenvalue weighted by molar-refractivity contribution is 0.227. The number of aromatic nitrogens is 1. The molecule has 0 aliphatic carbocycles. The van der Waals surface area contributed by atoms with Crippen molar-refractivity contribution in [1.29, 1.82) is 0 Å². The first-order chi connectivity index (χ1) is 9.34. The highest BCUT2D eigenvalue weighted by molar-refractivity contribution is 8.93. The molecule has 0 saturated carbocycles. The lowest BCUT2D eigenvalue weighted by Gasteiger charge is -2.36. The Balaban J connectivity index is 0.00000121. The highest BCUT2D eigenvalue weighted by Gasteiger charge is 2.37. The molecule has 3 heteroatoms. The van der Waals surface area contributed by atoms with Crippen LogP contribution in [0.5, 0.6) is 0 Å². The maximum absolute atomic E-state index is 2.68. The first-order valence-electron chi connectivity index (χ1n) is 7.28. The van der Waals surface area contributed by atoms with Crippen LogP contribution in [0.2, 0.25) is 0 Å². The molecule has 1 saturated heterocycles. The van der Waals surface area contributed by atoms with Crippen molar-refractivity contribution in [3.63, 3.8) is 0 Å². The lowest BCUT2D eigenvalue weighted by Crippen LogP contribution is -2.35. The van der Waals surface area contributed by atoms with Crippen molar-refractivity contribution >= 4 is 17.0 Å². The predicted molar refractivity (Wildman–Crippen MR) is 87.6 cm³/mol. The molecule has 4 rings (SSSR count). The number of benzene rings is 1. The third-order valence-corrected chi connectivity index (χ3v) is 4.83. The summed E-state index contributed by atoms with van der Waals surface area (Å²) >= 11 is 0. The first-order valence-corrected chi connectivity index (χ1v) is 7.28. The van der Waals surface area contributed by atoms with E-state index >= 15 is 0 Å². The molecule has 2 atom stereocenters. The molecule has 2 nitrogen and oxygen atoms in total. The molecule has 1 fully saturated rings. The molecule has 0 unspecified atom stereocenters. The number of hydrogen-bond acceptors (Lipinski definition) is 1. The van der Waals surface area contributed by atoms with Gasteiger partial charge in [0, 0.05) is 37.4 Å². The molecular formula is C17H21BrN2. The molecule has 0 bridgehead atoms. The Morgan fingerprint density at radius 2 is 1.90 bits per heavy atom. The number of nitrogens with zero attached hydrogens (tertiary/aromatic N) is 2. The Labute approximate surface area is 131 Å². The molecule has 2 aliphatic rings. The zero-order chi connectivity index (χ0) is 12.8. The Kier molecular flexibility index (Phi) is 3.74. The second-order valence-electron chi connectivity index (χ2n) is 5.88. The van der Waals surface area contributed by atoms with Crippen LogP contribution in [-0.4, -0.2) is 22.6 Å². The van der Waals surface area contributed by atoms with Gasteiger partial charge in [-0.1, -0.05) is 30.3 Å². The second kappa shape index (κ2) is 5.38. The van der Waals surface area contributed by atoms with Gasteiger partial charge in [-0.25, -0.2) is 0 Å². The third-order valence-electron chi connectivity index (χ3n) is 4.83.